The summed E-state index contributed by atoms with van der Waals surface area (Å²) >= 11 is 0. The lowest BCUT2D eigenvalue weighted by atomic mass is 10.1. The zero-order chi connectivity index (χ0) is 10.6. The quantitative estimate of drug-likeness (QED) is 0.324. The third-order valence-corrected chi connectivity index (χ3v) is 1.79. The molecule has 3 N–H and O–H groups in total. The van der Waals surface area contributed by atoms with E-state index >= 15 is 0 Å². The van der Waals surface area contributed by atoms with Crippen molar-refractivity contribution in [3.8, 4) is 11.5 Å². The standard InChI is InChI=1S/C9H12N2O3/c1-13-6-4-3-5-7(14-2)8(6)9(10)11-12/h3-5,12H,1-2H3,(H2,10,11). The summed E-state index contributed by atoms with van der Waals surface area (Å²) in [4.78, 5) is 0. The Balaban J connectivity index is 3.33. The number of ether oxygens (including phenoxy) is 2. The Hall–Kier alpha value is -1.91. The average molecular weight is 196 g/mol. The summed E-state index contributed by atoms with van der Waals surface area (Å²) in [6, 6.07) is 5.16. The first-order valence-electron chi connectivity index (χ1n) is 3.93. The molecule has 0 unspecified atom stereocenters. The molecule has 0 bridgehead atoms. The largest absolute Gasteiger partial charge is 0.496 e. The number of hydrogen-bond acceptors (Lipinski definition) is 4. The number of hydrogen-bond donors (Lipinski definition) is 2. The van der Waals surface area contributed by atoms with E-state index in [-0.39, 0.29) is 5.84 Å². The predicted molar refractivity (Wildman–Crippen MR) is 52.1 cm³/mol. The van der Waals surface area contributed by atoms with Gasteiger partial charge in [0.2, 0.25) is 0 Å². The highest BCUT2D eigenvalue weighted by atomic mass is 16.5. The SMILES string of the molecule is COc1cccc(OC)c1/C(N)=N/O. The average Bonchev–Trinajstić information content (AvgIpc) is 2.26. The van der Waals surface area contributed by atoms with Gasteiger partial charge in [-0.05, 0) is 12.1 Å². The maximum atomic E-state index is 8.58. The van der Waals surface area contributed by atoms with Gasteiger partial charge in [0.05, 0.1) is 14.2 Å². The molecule has 5 heteroatoms. The molecule has 0 radical (unpaired) electrons. The maximum Gasteiger partial charge on any atom is 0.177 e. The van der Waals surface area contributed by atoms with Gasteiger partial charge in [0.1, 0.15) is 17.1 Å². The van der Waals surface area contributed by atoms with Crippen LogP contribution in [-0.2, 0) is 0 Å². The summed E-state index contributed by atoms with van der Waals surface area (Å²) in [6.45, 7) is 0. The van der Waals surface area contributed by atoms with E-state index in [0.717, 1.165) is 0 Å². The van der Waals surface area contributed by atoms with Gasteiger partial charge in [-0.1, -0.05) is 11.2 Å². The number of nitrogens with zero attached hydrogens (tertiary/aromatic N) is 1. The summed E-state index contributed by atoms with van der Waals surface area (Å²) in [7, 11) is 3.01. The second-order valence-corrected chi connectivity index (χ2v) is 2.52. The van der Waals surface area contributed by atoms with Gasteiger partial charge in [0.25, 0.3) is 0 Å². The molecule has 0 saturated heterocycles. The van der Waals surface area contributed by atoms with E-state index in [1.807, 2.05) is 0 Å². The molecule has 1 aromatic rings. The Morgan fingerprint density at radius 1 is 1.29 bits per heavy atom. The maximum absolute atomic E-state index is 8.58. The lowest BCUT2D eigenvalue weighted by molar-refractivity contribution is 0.317. The van der Waals surface area contributed by atoms with Crippen LogP contribution in [0.15, 0.2) is 23.4 Å². The minimum Gasteiger partial charge on any atom is -0.496 e. The highest BCUT2D eigenvalue weighted by molar-refractivity contribution is 6.02. The van der Waals surface area contributed by atoms with Gasteiger partial charge in [-0.2, -0.15) is 0 Å². The molecule has 0 atom stereocenters. The van der Waals surface area contributed by atoms with Crippen LogP contribution >= 0.6 is 0 Å². The van der Waals surface area contributed by atoms with E-state index in [0.29, 0.717) is 17.1 Å². The van der Waals surface area contributed by atoms with Gasteiger partial charge < -0.3 is 20.4 Å². The van der Waals surface area contributed by atoms with E-state index in [1.165, 1.54) is 14.2 Å². The van der Waals surface area contributed by atoms with Crippen molar-refractivity contribution in [3.63, 3.8) is 0 Å². The normalized spacial score (nSPS) is 11.1. The highest BCUT2D eigenvalue weighted by Gasteiger charge is 2.13. The molecule has 0 aromatic heterocycles. The molecule has 1 rings (SSSR count). The van der Waals surface area contributed by atoms with Crippen molar-refractivity contribution in [2.75, 3.05) is 14.2 Å². The van der Waals surface area contributed by atoms with E-state index in [1.54, 1.807) is 18.2 Å². The molecule has 14 heavy (non-hydrogen) atoms. The molecule has 0 heterocycles. The van der Waals surface area contributed by atoms with Gasteiger partial charge in [-0.3, -0.25) is 0 Å². The van der Waals surface area contributed by atoms with Crippen molar-refractivity contribution < 1.29 is 14.7 Å². The van der Waals surface area contributed by atoms with Gasteiger partial charge in [0.15, 0.2) is 5.84 Å². The van der Waals surface area contributed by atoms with Crippen LogP contribution in [0.2, 0.25) is 0 Å². The fraction of sp³-hybridized carbons (Fsp3) is 0.222. The Morgan fingerprint density at radius 2 is 1.79 bits per heavy atom. The van der Waals surface area contributed by atoms with E-state index in [9.17, 15) is 0 Å². The lowest BCUT2D eigenvalue weighted by Gasteiger charge is -2.10. The summed E-state index contributed by atoms with van der Waals surface area (Å²) in [6.07, 6.45) is 0. The number of oxime groups is 1. The third kappa shape index (κ3) is 1.71. The Labute approximate surface area is 81.7 Å². The third-order valence-electron chi connectivity index (χ3n) is 1.79. The van der Waals surface area contributed by atoms with Crippen LogP contribution in [0.1, 0.15) is 5.56 Å². The molecule has 0 aliphatic heterocycles. The molecule has 1 aromatic carbocycles. The Kier molecular flexibility index (Phi) is 3.17. The molecule has 0 aliphatic rings. The number of nitrogens with two attached hydrogens (primary N) is 1. The Bertz CT molecular complexity index is 328. The summed E-state index contributed by atoms with van der Waals surface area (Å²) in [5.41, 5.74) is 5.93. The minimum atomic E-state index is -0.0423. The van der Waals surface area contributed by atoms with Crippen molar-refractivity contribution in [2.24, 2.45) is 10.9 Å². The molecule has 0 fully saturated rings. The summed E-state index contributed by atoms with van der Waals surface area (Å²) < 4.78 is 10.1. The number of amidine groups is 1. The molecule has 5 nitrogen and oxygen atoms in total. The first-order chi connectivity index (χ1) is 6.74. The van der Waals surface area contributed by atoms with Gasteiger partial charge in [-0.25, -0.2) is 0 Å². The van der Waals surface area contributed by atoms with Crippen molar-refractivity contribution in [2.45, 2.75) is 0 Å². The van der Waals surface area contributed by atoms with Crippen LogP contribution in [0.3, 0.4) is 0 Å². The molecular formula is C9H12N2O3. The zero-order valence-electron chi connectivity index (χ0n) is 8.02. The second-order valence-electron chi connectivity index (χ2n) is 2.52. The topological polar surface area (TPSA) is 77.1 Å². The minimum absolute atomic E-state index is 0.0423. The fourth-order valence-electron chi connectivity index (χ4n) is 1.15. The van der Waals surface area contributed by atoms with Gasteiger partial charge >= 0.3 is 0 Å². The van der Waals surface area contributed by atoms with Crippen molar-refractivity contribution in [1.82, 2.24) is 0 Å². The summed E-state index contributed by atoms with van der Waals surface area (Å²) in [5.74, 6) is 0.957. The molecule has 0 spiro atoms. The van der Waals surface area contributed by atoms with E-state index < -0.39 is 0 Å². The van der Waals surface area contributed by atoms with Crippen LogP contribution in [0.4, 0.5) is 0 Å². The molecule has 0 amide bonds. The molecule has 0 saturated carbocycles. The van der Waals surface area contributed by atoms with E-state index in [4.69, 9.17) is 20.4 Å². The number of methoxy groups -OCH3 is 2. The van der Waals surface area contributed by atoms with Crippen LogP contribution in [-0.4, -0.2) is 25.3 Å². The molecular weight excluding hydrogens is 184 g/mol. The second kappa shape index (κ2) is 4.36. The van der Waals surface area contributed by atoms with E-state index in [2.05, 4.69) is 5.16 Å². The highest BCUT2D eigenvalue weighted by Crippen LogP contribution is 2.27. The predicted octanol–water partition coefficient (Wildman–Crippen LogP) is 0.798. The number of benzene rings is 1. The zero-order valence-corrected chi connectivity index (χ0v) is 8.02. The molecule has 0 aliphatic carbocycles. The van der Waals surface area contributed by atoms with Crippen LogP contribution in [0.25, 0.3) is 0 Å². The van der Waals surface area contributed by atoms with Crippen molar-refractivity contribution in [3.05, 3.63) is 23.8 Å². The van der Waals surface area contributed by atoms with Crippen LogP contribution < -0.4 is 15.2 Å². The lowest BCUT2D eigenvalue weighted by Crippen LogP contribution is -2.15. The monoisotopic (exact) mass is 196 g/mol. The van der Waals surface area contributed by atoms with Crippen LogP contribution in [0, 0.1) is 0 Å². The van der Waals surface area contributed by atoms with Gasteiger partial charge in [0, 0.05) is 0 Å². The summed E-state index contributed by atoms with van der Waals surface area (Å²) in [5, 5.41) is 11.5. The van der Waals surface area contributed by atoms with Crippen LogP contribution in [0.5, 0.6) is 11.5 Å². The Morgan fingerprint density at radius 3 is 2.14 bits per heavy atom. The van der Waals surface area contributed by atoms with Gasteiger partial charge in [-0.15, -0.1) is 0 Å². The van der Waals surface area contributed by atoms with Crippen molar-refractivity contribution in [1.29, 1.82) is 0 Å². The van der Waals surface area contributed by atoms with Crippen molar-refractivity contribution >= 4 is 5.84 Å². The molecule has 76 valence electrons. The fourth-order valence-corrected chi connectivity index (χ4v) is 1.15. The smallest absolute Gasteiger partial charge is 0.177 e. The number of rotatable bonds is 3. The first-order valence-corrected chi connectivity index (χ1v) is 3.93. The first kappa shape index (κ1) is 10.2.